The molecular formula is C12H27N3O3S. The van der Waals surface area contributed by atoms with E-state index >= 15 is 0 Å². The molecule has 0 aliphatic carbocycles. The van der Waals surface area contributed by atoms with Crippen molar-refractivity contribution in [1.82, 2.24) is 14.3 Å². The van der Waals surface area contributed by atoms with Gasteiger partial charge in [0.05, 0.1) is 6.61 Å². The molecule has 0 radical (unpaired) electrons. The van der Waals surface area contributed by atoms with Gasteiger partial charge in [-0.25, -0.2) is 0 Å². The summed E-state index contributed by atoms with van der Waals surface area (Å²) in [5.41, 5.74) is 0. The fourth-order valence-corrected chi connectivity index (χ4v) is 3.59. The number of nitrogens with one attached hydrogen (secondary N) is 2. The Labute approximate surface area is 117 Å². The third kappa shape index (κ3) is 6.18. The smallest absolute Gasteiger partial charge is 0.279 e. The molecule has 1 aliphatic rings. The van der Waals surface area contributed by atoms with Crippen LogP contribution >= 0.6 is 0 Å². The molecule has 7 heteroatoms. The van der Waals surface area contributed by atoms with E-state index in [2.05, 4.69) is 10.0 Å². The van der Waals surface area contributed by atoms with E-state index in [-0.39, 0.29) is 6.04 Å². The number of methoxy groups -OCH3 is 1. The Balaban J connectivity index is 2.59. The topological polar surface area (TPSA) is 70.7 Å². The Hall–Kier alpha value is -0.210. The molecule has 0 saturated carbocycles. The van der Waals surface area contributed by atoms with Crippen LogP contribution in [0.2, 0.25) is 0 Å². The Bertz CT molecular complexity index is 340. The summed E-state index contributed by atoms with van der Waals surface area (Å²) in [7, 11) is -1.86. The normalized spacial score (nSPS) is 20.6. The lowest BCUT2D eigenvalue weighted by atomic mass is 10.2. The highest BCUT2D eigenvalue weighted by Gasteiger charge is 2.26. The zero-order valence-corrected chi connectivity index (χ0v) is 13.0. The molecule has 19 heavy (non-hydrogen) atoms. The van der Waals surface area contributed by atoms with Gasteiger partial charge >= 0.3 is 0 Å². The van der Waals surface area contributed by atoms with Crippen LogP contribution in [0.1, 0.15) is 26.7 Å². The third-order valence-corrected chi connectivity index (χ3v) is 4.63. The molecule has 0 aromatic rings. The summed E-state index contributed by atoms with van der Waals surface area (Å²) in [5.74, 6) is 0.306. The standard InChI is InChI=1S/C12H27N3O3S/c1-11(2)9-15(10-12-5-4-6-13-12)19(16,17)14-7-8-18-3/h11-14H,4-10H2,1-3H3. The fraction of sp³-hybridized carbons (Fsp3) is 1.00. The number of ether oxygens (including phenoxy) is 1. The molecule has 1 saturated heterocycles. The van der Waals surface area contributed by atoms with Crippen molar-refractivity contribution < 1.29 is 13.2 Å². The van der Waals surface area contributed by atoms with Crippen LogP contribution in [0, 0.1) is 5.92 Å². The average Bonchev–Trinajstić information content (AvgIpc) is 2.80. The first-order chi connectivity index (χ1) is 8.95. The van der Waals surface area contributed by atoms with Gasteiger partial charge in [0.1, 0.15) is 0 Å². The third-order valence-electron chi connectivity index (χ3n) is 3.09. The maximum atomic E-state index is 12.3. The van der Waals surface area contributed by atoms with E-state index in [1.807, 2.05) is 13.8 Å². The molecule has 1 rings (SSSR count). The predicted molar refractivity (Wildman–Crippen MR) is 76.2 cm³/mol. The van der Waals surface area contributed by atoms with Gasteiger partial charge in [0.2, 0.25) is 0 Å². The molecule has 0 aromatic heterocycles. The molecule has 1 unspecified atom stereocenters. The predicted octanol–water partition coefficient (Wildman–Crippen LogP) is 0.177. The van der Waals surface area contributed by atoms with Gasteiger partial charge in [-0.1, -0.05) is 13.8 Å². The van der Waals surface area contributed by atoms with E-state index in [4.69, 9.17) is 4.74 Å². The van der Waals surface area contributed by atoms with Crippen molar-refractivity contribution in [3.63, 3.8) is 0 Å². The van der Waals surface area contributed by atoms with Gasteiger partial charge in [0, 0.05) is 32.8 Å². The van der Waals surface area contributed by atoms with Gasteiger partial charge in [-0.3, -0.25) is 0 Å². The van der Waals surface area contributed by atoms with Crippen LogP contribution in [0.5, 0.6) is 0 Å². The fourth-order valence-electron chi connectivity index (χ4n) is 2.20. The molecule has 2 N–H and O–H groups in total. The molecule has 0 aromatic carbocycles. The number of hydrogen-bond acceptors (Lipinski definition) is 4. The van der Waals surface area contributed by atoms with E-state index in [1.54, 1.807) is 11.4 Å². The van der Waals surface area contributed by atoms with E-state index in [0.717, 1.165) is 19.4 Å². The molecule has 1 atom stereocenters. The molecule has 0 spiro atoms. The highest BCUT2D eigenvalue weighted by Crippen LogP contribution is 2.11. The lowest BCUT2D eigenvalue weighted by molar-refractivity contribution is 0.203. The first kappa shape index (κ1) is 16.8. The molecule has 1 fully saturated rings. The second-order valence-electron chi connectivity index (χ2n) is 5.40. The molecule has 1 heterocycles. The van der Waals surface area contributed by atoms with Gasteiger partial charge in [0.15, 0.2) is 0 Å². The summed E-state index contributed by atoms with van der Waals surface area (Å²) >= 11 is 0. The molecule has 0 bridgehead atoms. The summed E-state index contributed by atoms with van der Waals surface area (Å²) in [4.78, 5) is 0. The Morgan fingerprint density at radius 3 is 2.74 bits per heavy atom. The summed E-state index contributed by atoms with van der Waals surface area (Å²) in [6.07, 6.45) is 2.17. The van der Waals surface area contributed by atoms with Crippen LogP contribution in [-0.2, 0) is 14.9 Å². The number of hydrogen-bond donors (Lipinski definition) is 2. The highest BCUT2D eigenvalue weighted by molar-refractivity contribution is 7.87. The minimum Gasteiger partial charge on any atom is -0.383 e. The SMILES string of the molecule is COCCNS(=O)(=O)N(CC(C)C)CC1CCCN1. The highest BCUT2D eigenvalue weighted by atomic mass is 32.2. The first-order valence-corrected chi connectivity index (χ1v) is 8.36. The van der Waals surface area contributed by atoms with Gasteiger partial charge in [-0.05, 0) is 25.3 Å². The number of nitrogens with zero attached hydrogens (tertiary/aromatic N) is 1. The molecule has 6 nitrogen and oxygen atoms in total. The van der Waals surface area contributed by atoms with Gasteiger partial charge in [-0.2, -0.15) is 17.4 Å². The average molecular weight is 293 g/mol. The summed E-state index contributed by atoms with van der Waals surface area (Å²) in [5, 5.41) is 3.34. The van der Waals surface area contributed by atoms with Gasteiger partial charge < -0.3 is 10.1 Å². The lowest BCUT2D eigenvalue weighted by Gasteiger charge is -2.26. The van der Waals surface area contributed by atoms with Crippen molar-refractivity contribution in [2.75, 3.05) is 39.9 Å². The Morgan fingerprint density at radius 1 is 1.47 bits per heavy atom. The second-order valence-corrected chi connectivity index (χ2v) is 7.15. The van der Waals surface area contributed by atoms with E-state index in [0.29, 0.717) is 32.2 Å². The molecular weight excluding hydrogens is 266 g/mol. The van der Waals surface area contributed by atoms with Gasteiger partial charge in [-0.15, -0.1) is 0 Å². The summed E-state index contributed by atoms with van der Waals surface area (Å²) in [6.45, 7) is 6.82. The largest absolute Gasteiger partial charge is 0.383 e. The first-order valence-electron chi connectivity index (χ1n) is 6.92. The van der Waals surface area contributed by atoms with Crippen molar-refractivity contribution in [3.8, 4) is 0 Å². The van der Waals surface area contributed by atoms with Crippen LogP contribution < -0.4 is 10.0 Å². The zero-order chi connectivity index (χ0) is 14.3. The quantitative estimate of drug-likeness (QED) is 0.595. The molecule has 0 amide bonds. The summed E-state index contributed by atoms with van der Waals surface area (Å²) < 4.78 is 33.5. The van der Waals surface area contributed by atoms with Crippen molar-refractivity contribution in [1.29, 1.82) is 0 Å². The van der Waals surface area contributed by atoms with Crippen LogP contribution in [0.25, 0.3) is 0 Å². The monoisotopic (exact) mass is 293 g/mol. The van der Waals surface area contributed by atoms with Crippen LogP contribution in [0.3, 0.4) is 0 Å². The Kier molecular flexibility index (Phi) is 7.23. The van der Waals surface area contributed by atoms with Crippen molar-refractivity contribution >= 4 is 10.2 Å². The number of rotatable bonds is 9. The van der Waals surface area contributed by atoms with E-state index < -0.39 is 10.2 Å². The van der Waals surface area contributed by atoms with E-state index in [9.17, 15) is 8.42 Å². The second kappa shape index (κ2) is 8.16. The van der Waals surface area contributed by atoms with E-state index in [1.165, 1.54) is 0 Å². The van der Waals surface area contributed by atoms with Crippen LogP contribution in [-0.4, -0.2) is 58.7 Å². The maximum Gasteiger partial charge on any atom is 0.279 e. The molecule has 114 valence electrons. The zero-order valence-electron chi connectivity index (χ0n) is 12.2. The lowest BCUT2D eigenvalue weighted by Crippen LogP contribution is -2.48. The van der Waals surface area contributed by atoms with Crippen molar-refractivity contribution in [2.45, 2.75) is 32.7 Å². The van der Waals surface area contributed by atoms with Crippen LogP contribution in [0.4, 0.5) is 0 Å². The van der Waals surface area contributed by atoms with Gasteiger partial charge in [0.25, 0.3) is 10.2 Å². The molecule has 1 aliphatic heterocycles. The van der Waals surface area contributed by atoms with Crippen molar-refractivity contribution in [2.24, 2.45) is 5.92 Å². The minimum atomic E-state index is -3.41. The van der Waals surface area contributed by atoms with Crippen LogP contribution in [0.15, 0.2) is 0 Å². The summed E-state index contributed by atoms with van der Waals surface area (Å²) in [6, 6.07) is 0.276. The van der Waals surface area contributed by atoms with Crippen molar-refractivity contribution in [3.05, 3.63) is 0 Å². The minimum absolute atomic E-state index is 0.276. The maximum absolute atomic E-state index is 12.3. The Morgan fingerprint density at radius 2 is 2.21 bits per heavy atom.